The minimum absolute atomic E-state index is 0. The summed E-state index contributed by atoms with van der Waals surface area (Å²) in [6, 6.07) is 0. The first kappa shape index (κ1) is 8.98. The van der Waals surface area contributed by atoms with E-state index < -0.39 is 0 Å². The van der Waals surface area contributed by atoms with E-state index in [0.29, 0.717) is 0 Å². The van der Waals surface area contributed by atoms with Gasteiger partial charge in [0.25, 0.3) is 0 Å². The van der Waals surface area contributed by atoms with Gasteiger partial charge < -0.3 is 0 Å². The molecule has 0 saturated heterocycles. The summed E-state index contributed by atoms with van der Waals surface area (Å²) in [5.41, 5.74) is 0. The van der Waals surface area contributed by atoms with Crippen LogP contribution in [0.3, 0.4) is 0 Å². The molecule has 0 unspecified atom stereocenters. The molecule has 0 aliphatic heterocycles. The second kappa shape index (κ2) is 8.87. The van der Waals surface area contributed by atoms with E-state index in [9.17, 15) is 0 Å². The maximum Gasteiger partial charge on any atom is 0.00576 e. The average Bonchev–Trinajstić information content (AvgIpc) is 1.37. The quantitative estimate of drug-likeness (QED) is 0.562. The van der Waals surface area contributed by atoms with E-state index >= 15 is 0 Å². The van der Waals surface area contributed by atoms with E-state index in [0.717, 1.165) is 6.42 Å². The Labute approximate surface area is 47.2 Å². The number of hydrogen-bond acceptors (Lipinski definition) is 0. The summed E-state index contributed by atoms with van der Waals surface area (Å²) in [5.74, 6) is 2.43. The standard InChI is InChI=1S/C4H6.Pt/c1-3-4-2;/h1H,4H2,2H3;. The van der Waals surface area contributed by atoms with Crippen LogP contribution in [0.15, 0.2) is 0 Å². The summed E-state index contributed by atoms with van der Waals surface area (Å²) in [6.07, 6.45) is 5.62. The maximum absolute atomic E-state index is 4.78. The van der Waals surface area contributed by atoms with Gasteiger partial charge in [-0.3, -0.25) is 0 Å². The van der Waals surface area contributed by atoms with E-state index in [2.05, 4.69) is 5.92 Å². The van der Waals surface area contributed by atoms with Crippen LogP contribution in [-0.2, 0) is 21.1 Å². The predicted octanol–water partition coefficient (Wildman–Crippen LogP) is 1.03. The van der Waals surface area contributed by atoms with Crippen molar-refractivity contribution >= 4 is 0 Å². The molecule has 0 bridgehead atoms. The fourth-order valence-corrected chi connectivity index (χ4v) is 0. The van der Waals surface area contributed by atoms with Gasteiger partial charge in [-0.05, 0) is 0 Å². The van der Waals surface area contributed by atoms with Crippen molar-refractivity contribution in [1.82, 2.24) is 0 Å². The average molecular weight is 249 g/mol. The monoisotopic (exact) mass is 249 g/mol. The first-order valence-corrected chi connectivity index (χ1v) is 1.35. The zero-order valence-electron chi connectivity index (χ0n) is 3.10. The minimum atomic E-state index is 0. The van der Waals surface area contributed by atoms with Crippen LogP contribution in [-0.4, -0.2) is 0 Å². The van der Waals surface area contributed by atoms with Crippen molar-refractivity contribution in [2.24, 2.45) is 0 Å². The zero-order chi connectivity index (χ0) is 3.41. The summed E-state index contributed by atoms with van der Waals surface area (Å²) in [4.78, 5) is 0. The van der Waals surface area contributed by atoms with Crippen LogP contribution in [0.1, 0.15) is 13.3 Å². The summed E-state index contributed by atoms with van der Waals surface area (Å²) >= 11 is 0. The first-order valence-electron chi connectivity index (χ1n) is 1.35. The summed E-state index contributed by atoms with van der Waals surface area (Å²) < 4.78 is 0. The molecule has 0 rings (SSSR count). The zero-order valence-corrected chi connectivity index (χ0v) is 5.37. The molecule has 0 aromatic rings. The van der Waals surface area contributed by atoms with Crippen molar-refractivity contribution in [3.63, 3.8) is 0 Å². The van der Waals surface area contributed by atoms with Gasteiger partial charge in [0, 0.05) is 27.5 Å². The molecule has 0 aromatic heterocycles. The van der Waals surface area contributed by atoms with E-state index in [1.54, 1.807) is 0 Å². The van der Waals surface area contributed by atoms with E-state index in [4.69, 9.17) is 6.42 Å². The van der Waals surface area contributed by atoms with Crippen molar-refractivity contribution in [2.45, 2.75) is 13.3 Å². The Morgan fingerprint density at radius 2 is 2.00 bits per heavy atom. The van der Waals surface area contributed by atoms with Gasteiger partial charge in [0.15, 0.2) is 0 Å². The molecule has 0 radical (unpaired) electrons. The van der Waals surface area contributed by atoms with Crippen molar-refractivity contribution in [3.8, 4) is 12.3 Å². The number of terminal acetylenes is 1. The second-order valence-corrected chi connectivity index (χ2v) is 0.558. The van der Waals surface area contributed by atoms with Gasteiger partial charge in [-0.2, -0.15) is 0 Å². The van der Waals surface area contributed by atoms with E-state index in [1.807, 2.05) is 6.92 Å². The molecule has 5 heavy (non-hydrogen) atoms. The largest absolute Gasteiger partial charge is 0.120 e. The fourth-order valence-electron chi connectivity index (χ4n) is 0. The molecule has 0 nitrogen and oxygen atoms in total. The van der Waals surface area contributed by atoms with Gasteiger partial charge in [-0.15, -0.1) is 12.3 Å². The molecule has 0 aromatic carbocycles. The van der Waals surface area contributed by atoms with Crippen molar-refractivity contribution in [2.75, 3.05) is 0 Å². The Balaban J connectivity index is 0. The summed E-state index contributed by atoms with van der Waals surface area (Å²) in [5, 5.41) is 0. The molecular weight excluding hydrogens is 243 g/mol. The molecule has 0 heterocycles. The Bertz CT molecular complexity index is 33.4. The number of rotatable bonds is 0. The molecule has 0 amide bonds. The Kier molecular flexibility index (Phi) is 15.9. The minimum Gasteiger partial charge on any atom is -0.120 e. The first-order chi connectivity index (χ1) is 1.91. The van der Waals surface area contributed by atoms with Crippen molar-refractivity contribution in [3.05, 3.63) is 0 Å². The molecule has 0 aliphatic rings. The van der Waals surface area contributed by atoms with Crippen LogP contribution in [0.25, 0.3) is 0 Å². The topological polar surface area (TPSA) is 0 Å². The van der Waals surface area contributed by atoms with Crippen molar-refractivity contribution in [1.29, 1.82) is 0 Å². The predicted molar refractivity (Wildman–Crippen MR) is 19.1 cm³/mol. The number of hydrogen-bond donors (Lipinski definition) is 0. The third-order valence-electron chi connectivity index (χ3n) is 0.204. The smallest absolute Gasteiger partial charge is 0.00576 e. The second-order valence-electron chi connectivity index (χ2n) is 0.558. The van der Waals surface area contributed by atoms with Gasteiger partial charge in [-0.1, -0.05) is 6.92 Å². The molecule has 1 heteroatoms. The van der Waals surface area contributed by atoms with Crippen LogP contribution in [0.5, 0.6) is 0 Å². The summed E-state index contributed by atoms with van der Waals surface area (Å²) in [7, 11) is 0. The molecule has 0 aliphatic carbocycles. The normalized spacial score (nSPS) is 4.00. The Morgan fingerprint density at radius 3 is 2.00 bits per heavy atom. The van der Waals surface area contributed by atoms with Gasteiger partial charge >= 0.3 is 0 Å². The molecule has 0 fully saturated rings. The fraction of sp³-hybridized carbons (Fsp3) is 0.500. The van der Waals surface area contributed by atoms with E-state index in [1.165, 1.54) is 0 Å². The SMILES string of the molecule is C#CCC.[Pt]. The molecule has 0 atom stereocenters. The third-order valence-corrected chi connectivity index (χ3v) is 0.204. The molecule has 32 valence electrons. The van der Waals surface area contributed by atoms with Crippen LogP contribution in [0.4, 0.5) is 0 Å². The van der Waals surface area contributed by atoms with Crippen molar-refractivity contribution < 1.29 is 21.1 Å². The molecule has 0 spiro atoms. The Hall–Kier alpha value is 0.248. The van der Waals surface area contributed by atoms with E-state index in [-0.39, 0.29) is 21.1 Å². The molecular formula is C4H6Pt. The molecule has 0 saturated carbocycles. The van der Waals surface area contributed by atoms with Crippen LogP contribution in [0, 0.1) is 12.3 Å². The van der Waals surface area contributed by atoms with Crippen LogP contribution >= 0.6 is 0 Å². The third kappa shape index (κ3) is 13.8. The van der Waals surface area contributed by atoms with Gasteiger partial charge in [-0.25, -0.2) is 0 Å². The summed E-state index contributed by atoms with van der Waals surface area (Å²) in [6.45, 7) is 1.94. The van der Waals surface area contributed by atoms with Gasteiger partial charge in [0.1, 0.15) is 0 Å². The maximum atomic E-state index is 4.78. The van der Waals surface area contributed by atoms with Crippen LogP contribution < -0.4 is 0 Å². The van der Waals surface area contributed by atoms with Crippen LogP contribution in [0.2, 0.25) is 0 Å². The molecule has 0 N–H and O–H groups in total. The Morgan fingerprint density at radius 1 is 1.80 bits per heavy atom. The van der Waals surface area contributed by atoms with Gasteiger partial charge in [0.05, 0.1) is 0 Å². The van der Waals surface area contributed by atoms with Gasteiger partial charge in [0.2, 0.25) is 0 Å².